The van der Waals surface area contributed by atoms with Crippen molar-refractivity contribution in [3.8, 4) is 5.75 Å². The van der Waals surface area contributed by atoms with Crippen LogP contribution in [0, 0.1) is 12.3 Å². The molecular formula is C24H30N2O4. The fourth-order valence-electron chi connectivity index (χ4n) is 3.07. The molecular weight excluding hydrogens is 380 g/mol. The van der Waals surface area contributed by atoms with Crippen LogP contribution in [0.15, 0.2) is 48.5 Å². The Morgan fingerprint density at radius 3 is 2.33 bits per heavy atom. The maximum absolute atomic E-state index is 12.4. The summed E-state index contributed by atoms with van der Waals surface area (Å²) in [4.78, 5) is 29.9. The summed E-state index contributed by atoms with van der Waals surface area (Å²) in [6, 6.07) is 14.8. The van der Waals surface area contributed by atoms with Gasteiger partial charge in [0.15, 0.2) is 0 Å². The number of carbonyl (C=O) groups excluding carboxylic acids is 2. The van der Waals surface area contributed by atoms with E-state index in [0.29, 0.717) is 24.3 Å². The number of carbonyl (C=O) groups is 2. The van der Waals surface area contributed by atoms with Crippen LogP contribution in [0.3, 0.4) is 0 Å². The van der Waals surface area contributed by atoms with Gasteiger partial charge in [-0.25, -0.2) is 4.79 Å². The summed E-state index contributed by atoms with van der Waals surface area (Å²) >= 11 is 0. The first kappa shape index (κ1) is 21.8. The summed E-state index contributed by atoms with van der Waals surface area (Å²) < 4.78 is 6.22. The Morgan fingerprint density at radius 1 is 1.03 bits per heavy atom. The Morgan fingerprint density at radius 2 is 1.70 bits per heavy atom. The van der Waals surface area contributed by atoms with Crippen molar-refractivity contribution < 1.29 is 19.2 Å². The number of anilines is 1. The van der Waals surface area contributed by atoms with Gasteiger partial charge in [0.25, 0.3) is 5.91 Å². The molecule has 0 aromatic heterocycles. The topological polar surface area (TPSA) is 67.9 Å². The maximum Gasteiger partial charge on any atom is 0.330 e. The average Bonchev–Trinajstić information content (AvgIpc) is 2.72. The third kappa shape index (κ3) is 5.83. The van der Waals surface area contributed by atoms with Crippen LogP contribution in [0.5, 0.6) is 5.75 Å². The van der Waals surface area contributed by atoms with Crippen LogP contribution in [0.4, 0.5) is 5.69 Å². The zero-order chi connectivity index (χ0) is 21.7. The Kier molecular flexibility index (Phi) is 6.77. The van der Waals surface area contributed by atoms with Crippen LogP contribution in [-0.4, -0.2) is 36.1 Å². The summed E-state index contributed by atoms with van der Waals surface area (Å²) in [6.45, 7) is 8.79. The zero-order valence-corrected chi connectivity index (χ0v) is 18.1. The molecule has 1 heterocycles. The molecule has 1 N–H and O–H groups in total. The predicted octanol–water partition coefficient (Wildman–Crippen LogP) is 4.59. The Bertz CT molecular complexity index is 882. The second-order valence-corrected chi connectivity index (χ2v) is 8.68. The molecule has 1 aliphatic rings. The zero-order valence-electron chi connectivity index (χ0n) is 18.1. The second kappa shape index (κ2) is 9.30. The van der Waals surface area contributed by atoms with Crippen LogP contribution in [0.1, 0.15) is 49.5 Å². The number of hydrogen-bond acceptors (Lipinski definition) is 5. The number of nitrogens with zero attached hydrogens (tertiary/aromatic N) is 1. The number of benzene rings is 2. The van der Waals surface area contributed by atoms with Crippen molar-refractivity contribution in [3.63, 3.8) is 0 Å². The monoisotopic (exact) mass is 410 g/mol. The number of hydroxylamine groups is 2. The number of ether oxygens (including phenoxy) is 1. The first-order valence-corrected chi connectivity index (χ1v) is 10.3. The minimum atomic E-state index is -0.519. The summed E-state index contributed by atoms with van der Waals surface area (Å²) in [6.07, 6.45) is 1.56. The van der Waals surface area contributed by atoms with Gasteiger partial charge >= 0.3 is 5.97 Å². The van der Waals surface area contributed by atoms with Gasteiger partial charge in [0.05, 0.1) is 5.41 Å². The van der Waals surface area contributed by atoms with Gasteiger partial charge in [-0.2, -0.15) is 0 Å². The molecule has 0 atom stereocenters. The van der Waals surface area contributed by atoms with Crippen molar-refractivity contribution >= 4 is 17.6 Å². The standard InChI is InChI=1S/C24H30N2O4/c1-17-10-11-19(25-22(27)18-8-6-5-7-9-18)16-21(17)29-20-12-14-26(15-13-20)30-23(28)24(2,3)4/h5-11,16,20H,12-15H2,1-4H3,(H,25,27). The molecule has 0 spiro atoms. The molecule has 30 heavy (non-hydrogen) atoms. The van der Waals surface area contributed by atoms with E-state index in [1.807, 2.05) is 64.1 Å². The summed E-state index contributed by atoms with van der Waals surface area (Å²) in [5.41, 5.74) is 1.79. The van der Waals surface area contributed by atoms with Gasteiger partial charge in [-0.15, -0.1) is 5.06 Å². The highest BCUT2D eigenvalue weighted by Gasteiger charge is 2.29. The fourth-order valence-corrected chi connectivity index (χ4v) is 3.07. The molecule has 0 radical (unpaired) electrons. The van der Waals surface area contributed by atoms with Crippen molar-refractivity contribution in [3.05, 3.63) is 59.7 Å². The summed E-state index contributed by atoms with van der Waals surface area (Å²) in [7, 11) is 0. The number of nitrogens with one attached hydrogen (secondary N) is 1. The van der Waals surface area contributed by atoms with E-state index in [1.54, 1.807) is 17.2 Å². The van der Waals surface area contributed by atoms with Gasteiger partial charge in [-0.05, 0) is 51.5 Å². The van der Waals surface area contributed by atoms with Crippen LogP contribution in [0.2, 0.25) is 0 Å². The summed E-state index contributed by atoms with van der Waals surface area (Å²) in [5, 5.41) is 4.64. The van der Waals surface area contributed by atoms with Crippen LogP contribution in [0.25, 0.3) is 0 Å². The van der Waals surface area contributed by atoms with Gasteiger partial charge in [0.2, 0.25) is 0 Å². The highest BCUT2D eigenvalue weighted by atomic mass is 16.7. The van der Waals surface area contributed by atoms with Gasteiger partial charge in [-0.1, -0.05) is 24.3 Å². The molecule has 1 amide bonds. The van der Waals surface area contributed by atoms with Gasteiger partial charge in [0, 0.05) is 43.2 Å². The smallest absolute Gasteiger partial charge is 0.330 e. The average molecular weight is 411 g/mol. The lowest BCUT2D eigenvalue weighted by Gasteiger charge is -2.32. The lowest BCUT2D eigenvalue weighted by molar-refractivity contribution is -0.207. The second-order valence-electron chi connectivity index (χ2n) is 8.68. The SMILES string of the molecule is Cc1ccc(NC(=O)c2ccccc2)cc1OC1CCN(OC(=O)C(C)(C)C)CC1. The van der Waals surface area contributed by atoms with Crippen LogP contribution >= 0.6 is 0 Å². The number of piperidine rings is 1. The lowest BCUT2D eigenvalue weighted by atomic mass is 9.98. The van der Waals surface area contributed by atoms with Crippen molar-refractivity contribution in [2.24, 2.45) is 5.41 Å². The lowest BCUT2D eigenvalue weighted by Crippen LogP contribution is -2.41. The Hall–Kier alpha value is -2.86. The van der Waals surface area contributed by atoms with Crippen LogP contribution in [-0.2, 0) is 9.63 Å². The van der Waals surface area contributed by atoms with E-state index in [2.05, 4.69) is 5.32 Å². The molecule has 160 valence electrons. The molecule has 2 aromatic rings. The summed E-state index contributed by atoms with van der Waals surface area (Å²) in [5.74, 6) is 0.380. The molecule has 3 rings (SSSR count). The number of aryl methyl sites for hydroxylation is 1. The quantitative estimate of drug-likeness (QED) is 0.781. The first-order chi connectivity index (χ1) is 14.2. The van der Waals surface area contributed by atoms with E-state index < -0.39 is 5.41 Å². The maximum atomic E-state index is 12.4. The molecule has 0 unspecified atom stereocenters. The Labute approximate surface area is 178 Å². The molecule has 0 aliphatic carbocycles. The third-order valence-corrected chi connectivity index (χ3v) is 5.00. The van der Waals surface area contributed by atoms with Gasteiger partial charge in [-0.3, -0.25) is 4.79 Å². The van der Waals surface area contributed by atoms with Crippen molar-refractivity contribution in [1.82, 2.24) is 5.06 Å². The van der Waals surface area contributed by atoms with E-state index >= 15 is 0 Å². The molecule has 1 fully saturated rings. The Balaban J connectivity index is 1.56. The molecule has 6 heteroatoms. The van der Waals surface area contributed by atoms with E-state index in [-0.39, 0.29) is 18.0 Å². The first-order valence-electron chi connectivity index (χ1n) is 10.3. The van der Waals surface area contributed by atoms with Crippen molar-refractivity contribution in [1.29, 1.82) is 0 Å². The molecule has 2 aromatic carbocycles. The molecule has 1 saturated heterocycles. The fraction of sp³-hybridized carbons (Fsp3) is 0.417. The predicted molar refractivity (Wildman–Crippen MR) is 116 cm³/mol. The largest absolute Gasteiger partial charge is 0.490 e. The molecule has 0 bridgehead atoms. The van der Waals surface area contributed by atoms with Gasteiger partial charge in [0.1, 0.15) is 11.9 Å². The molecule has 0 saturated carbocycles. The number of amides is 1. The number of rotatable bonds is 5. The van der Waals surface area contributed by atoms with E-state index in [0.717, 1.165) is 24.2 Å². The highest BCUT2D eigenvalue weighted by Crippen LogP contribution is 2.27. The molecule has 6 nitrogen and oxygen atoms in total. The third-order valence-electron chi connectivity index (χ3n) is 5.00. The van der Waals surface area contributed by atoms with Crippen molar-refractivity contribution in [2.75, 3.05) is 18.4 Å². The minimum Gasteiger partial charge on any atom is -0.490 e. The van der Waals surface area contributed by atoms with Crippen molar-refractivity contribution in [2.45, 2.75) is 46.6 Å². The minimum absolute atomic E-state index is 0.0355. The van der Waals surface area contributed by atoms with Crippen LogP contribution < -0.4 is 10.1 Å². The van der Waals surface area contributed by atoms with E-state index in [4.69, 9.17) is 9.57 Å². The normalized spacial score (nSPS) is 15.5. The van der Waals surface area contributed by atoms with E-state index in [9.17, 15) is 9.59 Å². The highest BCUT2D eigenvalue weighted by molar-refractivity contribution is 6.04. The molecule has 1 aliphatic heterocycles. The van der Waals surface area contributed by atoms with Gasteiger partial charge < -0.3 is 14.9 Å². The number of hydrogen-bond donors (Lipinski definition) is 1. The van der Waals surface area contributed by atoms with E-state index in [1.165, 1.54) is 0 Å².